The third-order valence-corrected chi connectivity index (χ3v) is 4.22. The third-order valence-electron chi connectivity index (χ3n) is 4.22. The van der Waals surface area contributed by atoms with Crippen molar-refractivity contribution in [1.29, 1.82) is 0 Å². The van der Waals surface area contributed by atoms with Crippen molar-refractivity contribution in [3.8, 4) is 0 Å². The number of anilines is 1. The Balaban J connectivity index is 1.82. The summed E-state index contributed by atoms with van der Waals surface area (Å²) < 4.78 is 0. The lowest BCUT2D eigenvalue weighted by atomic mass is 9.85. The van der Waals surface area contributed by atoms with Crippen molar-refractivity contribution in [3.63, 3.8) is 0 Å². The number of carbonyl (C=O) groups excluding carboxylic acids is 1. The fraction of sp³-hybridized carbons (Fsp3) is 0.474. The van der Waals surface area contributed by atoms with Crippen molar-refractivity contribution < 1.29 is 4.79 Å². The molecule has 3 heteroatoms. The molecule has 0 bridgehead atoms. The van der Waals surface area contributed by atoms with Crippen molar-refractivity contribution in [2.75, 3.05) is 5.32 Å². The molecule has 1 aliphatic rings. The van der Waals surface area contributed by atoms with Crippen LogP contribution in [-0.2, 0) is 11.2 Å². The number of fused-ring (bicyclic) bond motifs is 1. The molecule has 3 nitrogen and oxygen atoms in total. The zero-order valence-corrected chi connectivity index (χ0v) is 13.6. The minimum Gasteiger partial charge on any atom is -0.310 e. The quantitative estimate of drug-likeness (QED) is 0.902. The third kappa shape index (κ3) is 3.46. The number of nitrogens with one attached hydrogen (secondary N) is 1. The van der Waals surface area contributed by atoms with Crippen LogP contribution in [-0.4, -0.2) is 10.9 Å². The second-order valence-electron chi connectivity index (χ2n) is 7.58. The molecule has 1 heterocycles. The van der Waals surface area contributed by atoms with Gasteiger partial charge in [0.1, 0.15) is 5.82 Å². The highest BCUT2D eigenvalue weighted by atomic mass is 16.2. The zero-order chi connectivity index (χ0) is 15.7. The zero-order valence-electron chi connectivity index (χ0n) is 13.6. The lowest BCUT2D eigenvalue weighted by Gasteiger charge is -2.23. The van der Waals surface area contributed by atoms with Gasteiger partial charge in [-0.1, -0.05) is 39.3 Å². The summed E-state index contributed by atoms with van der Waals surface area (Å²) in [5.74, 6) is 0.964. The Morgan fingerprint density at radius 1 is 1.23 bits per heavy atom. The SMILES string of the molecule is CC(C)(C)Cc1ccc2ccc(NC(=O)C3CCC3)nc2c1. The number of benzene rings is 1. The van der Waals surface area contributed by atoms with Gasteiger partial charge in [0.2, 0.25) is 5.91 Å². The maximum atomic E-state index is 12.0. The van der Waals surface area contributed by atoms with Crippen molar-refractivity contribution in [3.05, 3.63) is 35.9 Å². The first kappa shape index (κ1) is 15.0. The van der Waals surface area contributed by atoms with E-state index in [0.717, 1.165) is 30.2 Å². The molecule has 1 saturated carbocycles. The Bertz CT molecular complexity index is 696. The fourth-order valence-corrected chi connectivity index (χ4v) is 2.85. The van der Waals surface area contributed by atoms with E-state index in [1.54, 1.807) is 0 Å². The van der Waals surface area contributed by atoms with Crippen LogP contribution in [0.1, 0.15) is 45.6 Å². The lowest BCUT2D eigenvalue weighted by molar-refractivity contribution is -0.122. The summed E-state index contributed by atoms with van der Waals surface area (Å²) in [6, 6.07) is 10.3. The van der Waals surface area contributed by atoms with Gasteiger partial charge in [-0.25, -0.2) is 4.98 Å². The monoisotopic (exact) mass is 296 g/mol. The molecule has 2 aromatic rings. The fourth-order valence-electron chi connectivity index (χ4n) is 2.85. The first-order valence-electron chi connectivity index (χ1n) is 8.11. The molecule has 116 valence electrons. The molecule has 1 aromatic heterocycles. The Hall–Kier alpha value is -1.90. The van der Waals surface area contributed by atoms with Gasteiger partial charge < -0.3 is 5.32 Å². The standard InChI is InChI=1S/C19H24N2O/c1-19(2,3)12-13-7-8-14-9-10-17(20-16(14)11-13)21-18(22)15-5-4-6-15/h7-11,15H,4-6,12H2,1-3H3,(H,20,21,22). The summed E-state index contributed by atoms with van der Waals surface area (Å²) in [5.41, 5.74) is 2.49. The van der Waals surface area contributed by atoms with Crippen molar-refractivity contribution in [1.82, 2.24) is 4.98 Å². The van der Waals surface area contributed by atoms with Crippen LogP contribution < -0.4 is 5.32 Å². The predicted octanol–water partition coefficient (Wildman–Crippen LogP) is 4.56. The highest BCUT2D eigenvalue weighted by Gasteiger charge is 2.25. The van der Waals surface area contributed by atoms with Crippen LogP contribution in [0.25, 0.3) is 10.9 Å². The summed E-state index contributed by atoms with van der Waals surface area (Å²) in [4.78, 5) is 16.6. The Kier molecular flexibility index (Phi) is 3.90. The predicted molar refractivity (Wildman–Crippen MR) is 90.9 cm³/mol. The van der Waals surface area contributed by atoms with Crippen LogP contribution in [0, 0.1) is 11.3 Å². The van der Waals surface area contributed by atoms with E-state index in [9.17, 15) is 4.79 Å². The summed E-state index contributed by atoms with van der Waals surface area (Å²) in [5, 5.41) is 4.06. The smallest absolute Gasteiger partial charge is 0.228 e. The summed E-state index contributed by atoms with van der Waals surface area (Å²) in [6.45, 7) is 6.71. The highest BCUT2D eigenvalue weighted by molar-refractivity contribution is 5.93. The van der Waals surface area contributed by atoms with Gasteiger partial charge in [-0.15, -0.1) is 0 Å². The molecule has 22 heavy (non-hydrogen) atoms. The van der Waals surface area contributed by atoms with E-state index in [2.05, 4.69) is 49.3 Å². The molecule has 1 N–H and O–H groups in total. The number of hydrogen-bond acceptors (Lipinski definition) is 2. The van der Waals surface area contributed by atoms with E-state index in [0.29, 0.717) is 5.82 Å². The van der Waals surface area contributed by atoms with Crippen LogP contribution >= 0.6 is 0 Å². The van der Waals surface area contributed by atoms with Gasteiger partial charge >= 0.3 is 0 Å². The van der Waals surface area contributed by atoms with Gasteiger partial charge in [-0.3, -0.25) is 4.79 Å². The first-order chi connectivity index (χ1) is 10.4. The van der Waals surface area contributed by atoms with Crippen molar-refractivity contribution >= 4 is 22.6 Å². The topological polar surface area (TPSA) is 42.0 Å². The summed E-state index contributed by atoms with van der Waals surface area (Å²) in [7, 11) is 0. The van der Waals surface area contributed by atoms with E-state index in [1.807, 2.05) is 12.1 Å². The molecule has 0 unspecified atom stereocenters. The molecule has 0 radical (unpaired) electrons. The first-order valence-corrected chi connectivity index (χ1v) is 8.11. The molecule has 1 amide bonds. The van der Waals surface area contributed by atoms with Crippen LogP contribution in [0.3, 0.4) is 0 Å². The van der Waals surface area contributed by atoms with Gasteiger partial charge in [-0.05, 0) is 48.4 Å². The van der Waals surface area contributed by atoms with E-state index in [-0.39, 0.29) is 17.2 Å². The largest absolute Gasteiger partial charge is 0.310 e. The molecular formula is C19H24N2O. The van der Waals surface area contributed by atoms with Crippen LogP contribution in [0.2, 0.25) is 0 Å². The number of pyridine rings is 1. The molecule has 0 aliphatic heterocycles. The maximum absolute atomic E-state index is 12.0. The lowest BCUT2D eigenvalue weighted by Crippen LogP contribution is -2.28. The minimum atomic E-state index is 0.115. The number of aromatic nitrogens is 1. The Morgan fingerprint density at radius 3 is 2.59 bits per heavy atom. The van der Waals surface area contributed by atoms with Crippen LogP contribution in [0.15, 0.2) is 30.3 Å². The van der Waals surface area contributed by atoms with Gasteiger partial charge in [0.15, 0.2) is 0 Å². The summed E-state index contributed by atoms with van der Waals surface area (Å²) >= 11 is 0. The second kappa shape index (κ2) is 5.71. The van der Waals surface area contributed by atoms with Gasteiger partial charge in [0.25, 0.3) is 0 Å². The average Bonchev–Trinajstić information content (AvgIpc) is 2.34. The molecule has 1 aromatic carbocycles. The molecular weight excluding hydrogens is 272 g/mol. The van der Waals surface area contributed by atoms with Crippen molar-refractivity contribution in [2.45, 2.75) is 46.5 Å². The van der Waals surface area contributed by atoms with E-state index < -0.39 is 0 Å². The van der Waals surface area contributed by atoms with E-state index in [4.69, 9.17) is 0 Å². The van der Waals surface area contributed by atoms with Gasteiger partial charge in [0, 0.05) is 11.3 Å². The normalized spacial score (nSPS) is 15.6. The Labute approximate surface area is 132 Å². The highest BCUT2D eigenvalue weighted by Crippen LogP contribution is 2.28. The van der Waals surface area contributed by atoms with E-state index >= 15 is 0 Å². The van der Waals surface area contributed by atoms with Crippen LogP contribution in [0.5, 0.6) is 0 Å². The maximum Gasteiger partial charge on any atom is 0.228 e. The van der Waals surface area contributed by atoms with Crippen LogP contribution in [0.4, 0.5) is 5.82 Å². The number of rotatable bonds is 3. The summed E-state index contributed by atoms with van der Waals surface area (Å²) in [6.07, 6.45) is 4.20. The van der Waals surface area contributed by atoms with Gasteiger partial charge in [-0.2, -0.15) is 0 Å². The molecule has 3 rings (SSSR count). The number of hydrogen-bond donors (Lipinski definition) is 1. The molecule has 0 atom stereocenters. The molecule has 0 spiro atoms. The number of nitrogens with zero attached hydrogens (tertiary/aromatic N) is 1. The average molecular weight is 296 g/mol. The Morgan fingerprint density at radius 2 is 1.95 bits per heavy atom. The second-order valence-corrected chi connectivity index (χ2v) is 7.58. The van der Waals surface area contributed by atoms with Gasteiger partial charge in [0.05, 0.1) is 5.52 Å². The van der Waals surface area contributed by atoms with Crippen molar-refractivity contribution in [2.24, 2.45) is 11.3 Å². The molecule has 1 aliphatic carbocycles. The molecule has 0 saturated heterocycles. The number of amides is 1. The minimum absolute atomic E-state index is 0.115. The number of carbonyl (C=O) groups is 1. The molecule has 1 fully saturated rings. The van der Waals surface area contributed by atoms with E-state index in [1.165, 1.54) is 12.0 Å².